The van der Waals surface area contributed by atoms with Crippen molar-refractivity contribution in [1.29, 1.82) is 0 Å². The average molecular weight is 396 g/mol. The van der Waals surface area contributed by atoms with Crippen LogP contribution >= 0.6 is 0 Å². The van der Waals surface area contributed by atoms with Gasteiger partial charge in [-0.2, -0.15) is 0 Å². The second-order valence-electron chi connectivity index (χ2n) is 7.35. The minimum absolute atomic E-state index is 0.0993. The van der Waals surface area contributed by atoms with Crippen molar-refractivity contribution >= 4 is 17.0 Å². The first kappa shape index (κ1) is 19.8. The van der Waals surface area contributed by atoms with E-state index in [1.807, 2.05) is 32.0 Å². The number of hydrogen-bond donors (Lipinski definition) is 1. The Labute approximate surface area is 170 Å². The van der Waals surface area contributed by atoms with E-state index in [0.717, 1.165) is 35.1 Å². The number of hydrogen-bond acceptors (Lipinski definition) is 2. The number of nitrogens with one attached hydrogen (secondary N) is 1. The molecule has 0 saturated heterocycles. The Kier molecular flexibility index (Phi) is 5.79. The molecule has 1 aliphatic rings. The molecule has 0 saturated carbocycles. The number of benzene rings is 2. The highest BCUT2D eigenvalue weighted by molar-refractivity contribution is 5.85. The van der Waals surface area contributed by atoms with Crippen LogP contribution in [0.3, 0.4) is 0 Å². The van der Waals surface area contributed by atoms with Crippen LogP contribution in [0.25, 0.3) is 17.0 Å². The minimum atomic E-state index is -0.518. The lowest BCUT2D eigenvalue weighted by Crippen LogP contribution is -2.39. The van der Waals surface area contributed by atoms with Crippen molar-refractivity contribution in [2.75, 3.05) is 26.3 Å². The number of fused-ring (bicyclic) bond motifs is 3. The van der Waals surface area contributed by atoms with E-state index in [9.17, 15) is 0 Å². The summed E-state index contributed by atoms with van der Waals surface area (Å²) in [5, 5.41) is 1.13. The molecule has 2 heterocycles. The van der Waals surface area contributed by atoms with Crippen LogP contribution in [-0.2, 0) is 11.2 Å². The molecular formula is C24H26F2N2O. The van der Waals surface area contributed by atoms with Crippen LogP contribution in [0.1, 0.15) is 42.3 Å². The summed E-state index contributed by atoms with van der Waals surface area (Å²) in [6.45, 7) is 6.27. The summed E-state index contributed by atoms with van der Waals surface area (Å²) in [4.78, 5) is 5.56. The zero-order valence-corrected chi connectivity index (χ0v) is 16.8. The van der Waals surface area contributed by atoms with E-state index in [1.54, 1.807) is 12.2 Å². The van der Waals surface area contributed by atoms with Crippen LogP contribution in [0.5, 0.6) is 0 Å². The van der Waals surface area contributed by atoms with Gasteiger partial charge < -0.3 is 9.72 Å². The van der Waals surface area contributed by atoms with Crippen molar-refractivity contribution in [3.8, 4) is 0 Å². The van der Waals surface area contributed by atoms with Gasteiger partial charge in [0.15, 0.2) is 0 Å². The van der Waals surface area contributed by atoms with Crippen molar-refractivity contribution in [2.45, 2.75) is 26.3 Å². The first-order chi connectivity index (χ1) is 14.1. The largest absolute Gasteiger partial charge is 0.380 e. The van der Waals surface area contributed by atoms with Gasteiger partial charge in [0.25, 0.3) is 0 Å². The zero-order chi connectivity index (χ0) is 20.4. The number of H-pyrrole nitrogens is 1. The van der Waals surface area contributed by atoms with E-state index in [-0.39, 0.29) is 5.56 Å². The molecule has 4 rings (SSSR count). The maximum atomic E-state index is 15.2. The number of halogens is 2. The van der Waals surface area contributed by atoms with Crippen molar-refractivity contribution < 1.29 is 13.5 Å². The molecule has 1 aliphatic heterocycles. The van der Waals surface area contributed by atoms with Crippen LogP contribution in [0.2, 0.25) is 0 Å². The number of nitrogens with zero attached hydrogens (tertiary/aromatic N) is 1. The highest BCUT2D eigenvalue weighted by Crippen LogP contribution is 2.40. The SMILES string of the molecule is C/C=C/c1cc(F)c(C2c3[nH]c4ccccc4c3CCN2CCOCC)c(F)c1. The van der Waals surface area contributed by atoms with E-state index >= 15 is 8.78 Å². The number of aromatic amines is 1. The smallest absolute Gasteiger partial charge is 0.131 e. The number of para-hydroxylation sites is 1. The van der Waals surface area contributed by atoms with Crippen molar-refractivity contribution in [1.82, 2.24) is 9.88 Å². The zero-order valence-electron chi connectivity index (χ0n) is 16.8. The molecule has 5 heteroatoms. The summed E-state index contributed by atoms with van der Waals surface area (Å²) in [6, 6.07) is 10.4. The molecular weight excluding hydrogens is 370 g/mol. The molecule has 29 heavy (non-hydrogen) atoms. The molecule has 2 aromatic carbocycles. The summed E-state index contributed by atoms with van der Waals surface area (Å²) in [5.41, 5.74) is 3.66. The van der Waals surface area contributed by atoms with Gasteiger partial charge in [-0.25, -0.2) is 8.78 Å². The molecule has 0 radical (unpaired) electrons. The Hall–Kier alpha value is -2.50. The van der Waals surface area contributed by atoms with Crippen molar-refractivity contribution in [3.63, 3.8) is 0 Å². The van der Waals surface area contributed by atoms with E-state index in [1.165, 1.54) is 12.1 Å². The Morgan fingerprint density at radius 3 is 2.69 bits per heavy atom. The second kappa shape index (κ2) is 8.47. The average Bonchev–Trinajstić information content (AvgIpc) is 3.08. The van der Waals surface area contributed by atoms with Gasteiger partial charge >= 0.3 is 0 Å². The van der Waals surface area contributed by atoms with Crippen LogP contribution in [0.15, 0.2) is 42.5 Å². The van der Waals surface area contributed by atoms with Gasteiger partial charge in [-0.15, -0.1) is 0 Å². The Morgan fingerprint density at radius 1 is 1.21 bits per heavy atom. The maximum absolute atomic E-state index is 15.2. The quantitative estimate of drug-likeness (QED) is 0.560. The van der Waals surface area contributed by atoms with Gasteiger partial charge in [-0.3, -0.25) is 4.90 Å². The fourth-order valence-corrected chi connectivity index (χ4v) is 4.34. The monoisotopic (exact) mass is 396 g/mol. The maximum Gasteiger partial charge on any atom is 0.131 e. The lowest BCUT2D eigenvalue weighted by Gasteiger charge is -2.36. The number of aromatic nitrogens is 1. The van der Waals surface area contributed by atoms with E-state index < -0.39 is 17.7 Å². The first-order valence-corrected chi connectivity index (χ1v) is 10.2. The minimum Gasteiger partial charge on any atom is -0.380 e. The highest BCUT2D eigenvalue weighted by atomic mass is 19.1. The standard InChI is InChI=1S/C24H26F2N2O/c1-3-7-16-14-19(25)22(20(26)15-16)24-23-18(10-11-28(24)12-13-29-4-2)17-8-5-6-9-21(17)27-23/h3,5-9,14-15,24,27H,4,10-13H2,1-2H3/b7-3+. The van der Waals surface area contributed by atoms with Gasteiger partial charge in [0.05, 0.1) is 12.6 Å². The molecule has 1 atom stereocenters. The molecule has 152 valence electrons. The van der Waals surface area contributed by atoms with Crippen LogP contribution in [0.4, 0.5) is 8.78 Å². The summed E-state index contributed by atoms with van der Waals surface area (Å²) in [7, 11) is 0. The van der Waals surface area contributed by atoms with Gasteiger partial charge in [0.1, 0.15) is 11.6 Å². The number of allylic oxidation sites excluding steroid dienone is 1. The Balaban J connectivity index is 1.85. The van der Waals surface area contributed by atoms with Crippen molar-refractivity contribution in [2.24, 2.45) is 0 Å². The van der Waals surface area contributed by atoms with Gasteiger partial charge in [0.2, 0.25) is 0 Å². The molecule has 1 aromatic heterocycles. The summed E-state index contributed by atoms with van der Waals surface area (Å²) < 4.78 is 35.9. The predicted octanol–water partition coefficient (Wildman–Crippen LogP) is 5.46. The third-order valence-electron chi connectivity index (χ3n) is 5.60. The molecule has 0 aliphatic carbocycles. The molecule has 1 unspecified atom stereocenters. The fourth-order valence-electron chi connectivity index (χ4n) is 4.34. The first-order valence-electron chi connectivity index (χ1n) is 10.2. The van der Waals surface area contributed by atoms with Crippen LogP contribution in [-0.4, -0.2) is 36.2 Å². The summed E-state index contributed by atoms with van der Waals surface area (Å²) in [5.74, 6) is -1.04. The molecule has 0 spiro atoms. The normalized spacial score (nSPS) is 17.3. The van der Waals surface area contributed by atoms with Crippen molar-refractivity contribution in [3.05, 3.63) is 76.5 Å². The molecule has 0 amide bonds. The van der Waals surface area contributed by atoms with Gasteiger partial charge in [-0.05, 0) is 49.6 Å². The molecule has 0 bridgehead atoms. The summed E-state index contributed by atoms with van der Waals surface area (Å²) >= 11 is 0. The molecule has 3 nitrogen and oxygen atoms in total. The lowest BCUT2D eigenvalue weighted by atomic mass is 9.91. The third-order valence-corrected chi connectivity index (χ3v) is 5.60. The van der Waals surface area contributed by atoms with E-state index in [2.05, 4.69) is 16.0 Å². The Morgan fingerprint density at radius 2 is 1.97 bits per heavy atom. The van der Waals surface area contributed by atoms with Gasteiger partial charge in [0, 0.05) is 41.9 Å². The topological polar surface area (TPSA) is 28.3 Å². The van der Waals surface area contributed by atoms with E-state index in [0.29, 0.717) is 25.3 Å². The lowest BCUT2D eigenvalue weighted by molar-refractivity contribution is 0.0961. The molecule has 3 aromatic rings. The van der Waals surface area contributed by atoms with Crippen LogP contribution < -0.4 is 0 Å². The van der Waals surface area contributed by atoms with Crippen LogP contribution in [0, 0.1) is 11.6 Å². The third kappa shape index (κ3) is 3.72. The number of rotatable bonds is 6. The molecule has 0 fully saturated rings. The molecule has 1 N–H and O–H groups in total. The number of ether oxygens (including phenoxy) is 1. The second-order valence-corrected chi connectivity index (χ2v) is 7.35. The highest BCUT2D eigenvalue weighted by Gasteiger charge is 2.35. The predicted molar refractivity (Wildman–Crippen MR) is 113 cm³/mol. The fraction of sp³-hybridized carbons (Fsp3) is 0.333. The summed E-state index contributed by atoms with van der Waals surface area (Å²) in [6.07, 6.45) is 4.32. The van der Waals surface area contributed by atoms with Gasteiger partial charge in [-0.1, -0.05) is 30.4 Å². The van der Waals surface area contributed by atoms with E-state index in [4.69, 9.17) is 4.74 Å². The Bertz CT molecular complexity index is 1020.